The summed E-state index contributed by atoms with van der Waals surface area (Å²) in [6.07, 6.45) is 0.783. The molecule has 144 valence electrons. The molecule has 0 saturated heterocycles. The Balaban J connectivity index is 1.77. The number of nitrogens with one attached hydrogen (secondary N) is 2. The number of hydrogen-bond donors (Lipinski definition) is 2. The van der Waals surface area contributed by atoms with Crippen molar-refractivity contribution in [3.05, 3.63) is 65.0 Å². The Morgan fingerprint density at radius 3 is 2.32 bits per heavy atom. The molecule has 1 aliphatic rings. The van der Waals surface area contributed by atoms with Crippen molar-refractivity contribution < 1.29 is 23.6 Å². The summed E-state index contributed by atoms with van der Waals surface area (Å²) >= 11 is 0. The van der Waals surface area contributed by atoms with Gasteiger partial charge >= 0.3 is 0 Å². The van der Waals surface area contributed by atoms with E-state index in [2.05, 4.69) is 10.6 Å². The summed E-state index contributed by atoms with van der Waals surface area (Å²) in [7, 11) is 0. The highest BCUT2D eigenvalue weighted by Gasteiger charge is 2.37. The van der Waals surface area contributed by atoms with Gasteiger partial charge in [-0.25, -0.2) is 9.29 Å². The first-order valence-electron chi connectivity index (χ1n) is 8.75. The number of rotatable bonds is 6. The Kier molecular flexibility index (Phi) is 5.49. The first-order valence-corrected chi connectivity index (χ1v) is 8.75. The Morgan fingerprint density at radius 1 is 0.964 bits per heavy atom. The fraction of sp³-hybridized carbons (Fsp3) is 0.200. The number of benzene rings is 2. The summed E-state index contributed by atoms with van der Waals surface area (Å²) in [4.78, 5) is 50.0. The first-order chi connectivity index (χ1) is 13.4. The first kappa shape index (κ1) is 19.2. The van der Waals surface area contributed by atoms with Gasteiger partial charge in [0.05, 0.1) is 23.4 Å². The third-order valence-electron chi connectivity index (χ3n) is 4.22. The van der Waals surface area contributed by atoms with Crippen LogP contribution in [0.5, 0.6) is 0 Å². The number of carbonyl (C=O) groups is 4. The minimum atomic E-state index is -0.595. The van der Waals surface area contributed by atoms with Crippen LogP contribution >= 0.6 is 0 Å². The van der Waals surface area contributed by atoms with Crippen molar-refractivity contribution in [3.8, 4) is 0 Å². The molecule has 0 spiro atoms. The molecule has 0 aliphatic carbocycles. The Hall–Kier alpha value is -3.55. The highest BCUT2D eigenvalue weighted by atomic mass is 19.1. The molecule has 2 N–H and O–H groups in total. The van der Waals surface area contributed by atoms with Crippen molar-refractivity contribution in [3.63, 3.8) is 0 Å². The maximum atomic E-state index is 13.1. The molecule has 2 aromatic rings. The van der Waals surface area contributed by atoms with E-state index in [1.165, 1.54) is 30.3 Å². The second kappa shape index (κ2) is 7.99. The van der Waals surface area contributed by atoms with Crippen molar-refractivity contribution in [2.24, 2.45) is 0 Å². The molecule has 7 nitrogen and oxygen atoms in total. The van der Waals surface area contributed by atoms with Gasteiger partial charge in [-0.2, -0.15) is 0 Å². The average Bonchev–Trinajstić information content (AvgIpc) is 2.95. The number of halogens is 1. The van der Waals surface area contributed by atoms with Gasteiger partial charge in [-0.05, 0) is 48.9 Å². The van der Waals surface area contributed by atoms with Crippen LogP contribution in [0.3, 0.4) is 0 Å². The van der Waals surface area contributed by atoms with Gasteiger partial charge in [-0.3, -0.25) is 19.2 Å². The second-order valence-electron chi connectivity index (χ2n) is 6.22. The van der Waals surface area contributed by atoms with E-state index in [0.717, 1.165) is 23.5 Å². The molecule has 0 saturated carbocycles. The lowest BCUT2D eigenvalue weighted by atomic mass is 10.1. The highest BCUT2D eigenvalue weighted by Crippen LogP contribution is 2.29. The lowest BCUT2D eigenvalue weighted by molar-refractivity contribution is -0.120. The minimum absolute atomic E-state index is 0.0809. The predicted molar refractivity (Wildman–Crippen MR) is 99.6 cm³/mol. The predicted octanol–water partition coefficient (Wildman–Crippen LogP) is 1.88. The summed E-state index contributed by atoms with van der Waals surface area (Å²) in [5.74, 6) is -2.47. The Bertz CT molecular complexity index is 956. The van der Waals surface area contributed by atoms with Gasteiger partial charge in [-0.15, -0.1) is 0 Å². The topological polar surface area (TPSA) is 95.6 Å². The van der Waals surface area contributed by atoms with E-state index in [9.17, 15) is 23.6 Å². The molecule has 1 aliphatic heterocycles. The van der Waals surface area contributed by atoms with Crippen LogP contribution in [0.15, 0.2) is 42.5 Å². The van der Waals surface area contributed by atoms with E-state index in [4.69, 9.17) is 0 Å². The second-order valence-corrected chi connectivity index (χ2v) is 6.22. The molecule has 2 aromatic carbocycles. The maximum Gasteiger partial charge on any atom is 0.266 e. The smallest absolute Gasteiger partial charge is 0.266 e. The van der Waals surface area contributed by atoms with Crippen molar-refractivity contribution in [1.29, 1.82) is 0 Å². The van der Waals surface area contributed by atoms with E-state index >= 15 is 0 Å². The fourth-order valence-electron chi connectivity index (χ4n) is 2.80. The molecular formula is C20H18FN3O4. The standard InChI is InChI=1S/C20H18FN3O4/c1-2-9-22-17(25)11-23-18(26)12-3-8-15-16(10-12)20(28)24(19(15)27)14-6-4-13(21)5-7-14/h3-8,10H,2,9,11H2,1H3,(H,22,25)(H,23,26). The van der Waals surface area contributed by atoms with Crippen LogP contribution in [-0.2, 0) is 4.79 Å². The number of nitrogens with zero attached hydrogens (tertiary/aromatic N) is 1. The SMILES string of the molecule is CCCNC(=O)CNC(=O)c1ccc2c(c1)C(=O)N(c1ccc(F)cc1)C2=O. The third-order valence-corrected chi connectivity index (χ3v) is 4.22. The van der Waals surface area contributed by atoms with Gasteiger partial charge in [0.25, 0.3) is 17.7 Å². The zero-order chi connectivity index (χ0) is 20.3. The van der Waals surface area contributed by atoms with E-state index in [1.54, 1.807) is 0 Å². The maximum absolute atomic E-state index is 13.1. The van der Waals surface area contributed by atoms with Crippen LogP contribution in [0.4, 0.5) is 10.1 Å². The van der Waals surface area contributed by atoms with Crippen LogP contribution in [0, 0.1) is 5.82 Å². The molecule has 0 aromatic heterocycles. The van der Waals surface area contributed by atoms with Gasteiger partial charge in [0.15, 0.2) is 0 Å². The number of hydrogen-bond acceptors (Lipinski definition) is 4. The number of anilines is 1. The molecule has 3 rings (SSSR count). The summed E-state index contributed by atoms with van der Waals surface area (Å²) in [5, 5.41) is 5.11. The average molecular weight is 383 g/mol. The van der Waals surface area contributed by atoms with Crippen LogP contribution in [0.25, 0.3) is 0 Å². The number of fused-ring (bicyclic) bond motifs is 1. The number of amides is 4. The lowest BCUT2D eigenvalue weighted by Gasteiger charge is -2.13. The summed E-state index contributed by atoms with van der Waals surface area (Å²) < 4.78 is 13.1. The van der Waals surface area contributed by atoms with Gasteiger partial charge in [0.2, 0.25) is 5.91 Å². The van der Waals surface area contributed by atoms with Gasteiger partial charge in [0.1, 0.15) is 5.82 Å². The van der Waals surface area contributed by atoms with Gasteiger partial charge in [-0.1, -0.05) is 6.92 Å². The monoisotopic (exact) mass is 383 g/mol. The van der Waals surface area contributed by atoms with Crippen LogP contribution in [0.2, 0.25) is 0 Å². The number of imide groups is 1. The third kappa shape index (κ3) is 3.75. The normalized spacial score (nSPS) is 12.7. The molecule has 0 unspecified atom stereocenters. The highest BCUT2D eigenvalue weighted by molar-refractivity contribution is 6.34. The molecule has 0 atom stereocenters. The largest absolute Gasteiger partial charge is 0.355 e. The molecule has 0 fully saturated rings. The van der Waals surface area contributed by atoms with Crippen molar-refractivity contribution in [2.75, 3.05) is 18.0 Å². The van der Waals surface area contributed by atoms with Gasteiger partial charge < -0.3 is 10.6 Å². The van der Waals surface area contributed by atoms with Crippen molar-refractivity contribution in [2.45, 2.75) is 13.3 Å². The van der Waals surface area contributed by atoms with Crippen LogP contribution in [0.1, 0.15) is 44.4 Å². The molecule has 0 radical (unpaired) electrons. The van der Waals surface area contributed by atoms with Crippen LogP contribution in [-0.4, -0.2) is 36.7 Å². The summed E-state index contributed by atoms with van der Waals surface area (Å²) in [6.45, 7) is 2.24. The fourth-order valence-corrected chi connectivity index (χ4v) is 2.80. The minimum Gasteiger partial charge on any atom is -0.355 e. The van der Waals surface area contributed by atoms with E-state index < -0.39 is 23.5 Å². The molecule has 4 amide bonds. The van der Waals surface area contributed by atoms with Crippen molar-refractivity contribution >= 4 is 29.3 Å². The molecule has 1 heterocycles. The van der Waals surface area contributed by atoms with Crippen LogP contribution < -0.4 is 15.5 Å². The van der Waals surface area contributed by atoms with E-state index in [1.807, 2.05) is 6.92 Å². The Labute approximate surface area is 160 Å². The Morgan fingerprint density at radius 2 is 1.64 bits per heavy atom. The molecule has 28 heavy (non-hydrogen) atoms. The van der Waals surface area contributed by atoms with E-state index in [-0.39, 0.29) is 34.8 Å². The molecule has 8 heteroatoms. The van der Waals surface area contributed by atoms with E-state index in [0.29, 0.717) is 6.54 Å². The summed E-state index contributed by atoms with van der Waals surface area (Å²) in [5.41, 5.74) is 0.638. The molecular weight excluding hydrogens is 365 g/mol. The van der Waals surface area contributed by atoms with Crippen molar-refractivity contribution in [1.82, 2.24) is 10.6 Å². The summed E-state index contributed by atoms with van der Waals surface area (Å²) in [6, 6.07) is 9.10. The molecule has 0 bridgehead atoms. The van der Waals surface area contributed by atoms with Gasteiger partial charge in [0, 0.05) is 12.1 Å². The lowest BCUT2D eigenvalue weighted by Crippen LogP contribution is -2.37. The quantitative estimate of drug-likeness (QED) is 0.745. The zero-order valence-corrected chi connectivity index (χ0v) is 15.1. The number of carbonyl (C=O) groups excluding carboxylic acids is 4. The zero-order valence-electron chi connectivity index (χ0n) is 15.1.